The van der Waals surface area contributed by atoms with Gasteiger partial charge in [-0.05, 0) is 50.3 Å². The molecule has 1 atom stereocenters. The van der Waals surface area contributed by atoms with E-state index in [1.807, 2.05) is 32.0 Å². The first-order valence-electron chi connectivity index (χ1n) is 7.87. The second kappa shape index (κ2) is 6.24. The van der Waals surface area contributed by atoms with Crippen molar-refractivity contribution in [2.45, 2.75) is 45.2 Å². The average Bonchev–Trinajstić information content (AvgIpc) is 2.47. The van der Waals surface area contributed by atoms with Crippen molar-refractivity contribution in [2.24, 2.45) is 0 Å². The molecule has 0 aliphatic heterocycles. The molecule has 0 radical (unpaired) electrons. The summed E-state index contributed by atoms with van der Waals surface area (Å²) in [6.07, 6.45) is 2.91. The quantitative estimate of drug-likeness (QED) is 0.906. The zero-order valence-electron chi connectivity index (χ0n) is 13.2. The number of benzene rings is 1. The van der Waals surface area contributed by atoms with Crippen LogP contribution >= 0.6 is 11.6 Å². The van der Waals surface area contributed by atoms with Crippen LogP contribution in [0.2, 0.25) is 5.02 Å². The molecule has 23 heavy (non-hydrogen) atoms. The average molecular weight is 334 g/mol. The smallest absolute Gasteiger partial charge is 0.330 e. The van der Waals surface area contributed by atoms with Gasteiger partial charge >= 0.3 is 5.69 Å². The molecule has 1 aliphatic rings. The van der Waals surface area contributed by atoms with Crippen molar-refractivity contribution >= 4 is 17.4 Å². The second-order valence-corrected chi connectivity index (χ2v) is 6.59. The summed E-state index contributed by atoms with van der Waals surface area (Å²) in [6.45, 7) is 3.62. The second-order valence-electron chi connectivity index (χ2n) is 6.19. The highest BCUT2D eigenvalue weighted by molar-refractivity contribution is 6.31. The van der Waals surface area contributed by atoms with E-state index in [0.29, 0.717) is 5.82 Å². The number of anilines is 1. The maximum atomic E-state index is 12.1. The van der Waals surface area contributed by atoms with Gasteiger partial charge in [-0.15, -0.1) is 0 Å². The lowest BCUT2D eigenvalue weighted by Gasteiger charge is -2.27. The van der Waals surface area contributed by atoms with Crippen molar-refractivity contribution in [3.8, 4) is 0 Å². The summed E-state index contributed by atoms with van der Waals surface area (Å²) >= 11 is 6.28. The molecule has 6 heteroatoms. The molecule has 0 saturated carbocycles. The Bertz CT molecular complexity index is 807. The van der Waals surface area contributed by atoms with E-state index in [4.69, 9.17) is 11.6 Å². The summed E-state index contributed by atoms with van der Waals surface area (Å²) in [5.41, 5.74) is 1.60. The van der Waals surface area contributed by atoms with Crippen molar-refractivity contribution < 1.29 is 0 Å². The molecule has 1 aromatic heterocycles. The Balaban J connectivity index is 1.94. The lowest BCUT2D eigenvalue weighted by Crippen LogP contribution is -2.36. The Morgan fingerprint density at radius 3 is 2.83 bits per heavy atom. The third kappa shape index (κ3) is 3.06. The van der Waals surface area contributed by atoms with Crippen molar-refractivity contribution in [1.82, 2.24) is 9.55 Å². The van der Waals surface area contributed by atoms with Crippen LogP contribution in [0.4, 0.5) is 5.82 Å². The van der Waals surface area contributed by atoms with Crippen LogP contribution in [-0.4, -0.2) is 9.55 Å². The van der Waals surface area contributed by atoms with E-state index in [0.717, 1.165) is 35.4 Å². The lowest BCUT2D eigenvalue weighted by molar-refractivity contribution is 0.544. The van der Waals surface area contributed by atoms with Crippen LogP contribution in [-0.2, 0) is 6.42 Å². The molecule has 2 N–H and O–H groups in total. The molecule has 5 nitrogen and oxygen atoms in total. The number of fused-ring (bicyclic) bond motifs is 1. The number of H-pyrrole nitrogens is 1. The third-order valence-corrected chi connectivity index (χ3v) is 4.62. The standard InChI is InChI=1S/C17H20ClN3O2/c1-10(2)21-16(22)9-15(20-17(21)23)19-14-8-4-5-11-12(14)6-3-7-13(11)18/h3,6-7,9-10,14,19H,4-5,8H2,1-2H3,(H,20,23)/t14-/m0/s1. The van der Waals surface area contributed by atoms with Gasteiger partial charge in [0.15, 0.2) is 0 Å². The molecule has 1 aromatic carbocycles. The first-order valence-corrected chi connectivity index (χ1v) is 8.25. The number of nitrogens with zero attached hydrogens (tertiary/aromatic N) is 1. The predicted molar refractivity (Wildman–Crippen MR) is 92.5 cm³/mol. The number of nitrogens with one attached hydrogen (secondary N) is 2. The van der Waals surface area contributed by atoms with E-state index in [1.165, 1.54) is 10.6 Å². The van der Waals surface area contributed by atoms with Gasteiger partial charge in [-0.2, -0.15) is 0 Å². The van der Waals surface area contributed by atoms with Gasteiger partial charge < -0.3 is 5.32 Å². The summed E-state index contributed by atoms with van der Waals surface area (Å²) < 4.78 is 1.21. The Morgan fingerprint density at radius 2 is 2.13 bits per heavy atom. The number of rotatable bonds is 3. The molecule has 0 bridgehead atoms. The van der Waals surface area contributed by atoms with Gasteiger partial charge in [0.25, 0.3) is 5.56 Å². The number of aromatic amines is 1. The van der Waals surface area contributed by atoms with Crippen molar-refractivity contribution in [3.63, 3.8) is 0 Å². The van der Waals surface area contributed by atoms with E-state index in [-0.39, 0.29) is 17.6 Å². The minimum absolute atomic E-state index is 0.0439. The lowest BCUT2D eigenvalue weighted by atomic mass is 9.87. The normalized spacial score (nSPS) is 17.1. The molecular weight excluding hydrogens is 314 g/mol. The fourth-order valence-electron chi connectivity index (χ4n) is 3.21. The summed E-state index contributed by atoms with van der Waals surface area (Å²) in [7, 11) is 0. The Labute approximate surface area is 139 Å². The highest BCUT2D eigenvalue weighted by atomic mass is 35.5. The van der Waals surface area contributed by atoms with E-state index in [9.17, 15) is 9.59 Å². The van der Waals surface area contributed by atoms with E-state index < -0.39 is 5.69 Å². The first kappa shape index (κ1) is 15.9. The van der Waals surface area contributed by atoms with Crippen LogP contribution in [0, 0.1) is 0 Å². The summed E-state index contributed by atoms with van der Waals surface area (Å²) in [5.74, 6) is 0.453. The largest absolute Gasteiger partial charge is 0.365 e. The molecule has 0 fully saturated rings. The predicted octanol–water partition coefficient (Wildman–Crippen LogP) is 3.26. The maximum Gasteiger partial charge on any atom is 0.330 e. The highest BCUT2D eigenvalue weighted by Crippen LogP contribution is 2.35. The van der Waals surface area contributed by atoms with Gasteiger partial charge in [-0.1, -0.05) is 23.7 Å². The molecule has 2 aromatic rings. The Kier molecular flexibility index (Phi) is 4.31. The Hall–Kier alpha value is -2.01. The number of aromatic nitrogens is 2. The molecule has 1 heterocycles. The van der Waals surface area contributed by atoms with Crippen LogP contribution in [0.5, 0.6) is 0 Å². The molecule has 0 unspecified atom stereocenters. The van der Waals surface area contributed by atoms with E-state index >= 15 is 0 Å². The molecule has 122 valence electrons. The fourth-order valence-corrected chi connectivity index (χ4v) is 3.49. The van der Waals surface area contributed by atoms with Crippen LogP contribution in [0.1, 0.15) is 49.9 Å². The van der Waals surface area contributed by atoms with Gasteiger partial charge in [0.1, 0.15) is 5.82 Å². The maximum absolute atomic E-state index is 12.1. The van der Waals surface area contributed by atoms with Crippen molar-refractivity contribution in [1.29, 1.82) is 0 Å². The van der Waals surface area contributed by atoms with Gasteiger partial charge in [0.05, 0.1) is 6.04 Å². The molecular formula is C17H20ClN3O2. The monoisotopic (exact) mass is 333 g/mol. The zero-order chi connectivity index (χ0) is 16.6. The SMILES string of the molecule is CC(C)n1c(=O)cc(N[C@H]2CCCc3c(Cl)cccc32)[nH]c1=O. The van der Waals surface area contributed by atoms with Crippen LogP contribution in [0.3, 0.4) is 0 Å². The minimum Gasteiger partial charge on any atom is -0.365 e. The van der Waals surface area contributed by atoms with Crippen LogP contribution in [0.15, 0.2) is 33.9 Å². The number of hydrogen-bond acceptors (Lipinski definition) is 3. The summed E-state index contributed by atoms with van der Waals surface area (Å²) in [4.78, 5) is 27.0. The van der Waals surface area contributed by atoms with Crippen LogP contribution in [0.25, 0.3) is 0 Å². The highest BCUT2D eigenvalue weighted by Gasteiger charge is 2.22. The molecule has 3 rings (SSSR count). The number of halogens is 1. The Morgan fingerprint density at radius 1 is 1.35 bits per heavy atom. The number of hydrogen-bond donors (Lipinski definition) is 2. The van der Waals surface area contributed by atoms with Crippen molar-refractivity contribution in [2.75, 3.05) is 5.32 Å². The summed E-state index contributed by atoms with van der Waals surface area (Å²) in [6, 6.07) is 7.19. The van der Waals surface area contributed by atoms with Gasteiger partial charge in [-0.3, -0.25) is 14.3 Å². The zero-order valence-corrected chi connectivity index (χ0v) is 14.0. The molecule has 1 aliphatic carbocycles. The fraction of sp³-hybridized carbons (Fsp3) is 0.412. The van der Waals surface area contributed by atoms with E-state index in [2.05, 4.69) is 10.3 Å². The summed E-state index contributed by atoms with van der Waals surface area (Å²) in [5, 5.41) is 4.06. The van der Waals surface area contributed by atoms with Crippen molar-refractivity contribution in [3.05, 3.63) is 61.3 Å². The third-order valence-electron chi connectivity index (χ3n) is 4.26. The molecule has 0 spiro atoms. The minimum atomic E-state index is -0.392. The van der Waals surface area contributed by atoms with Gasteiger partial charge in [0, 0.05) is 17.1 Å². The first-order chi connectivity index (χ1) is 11.0. The van der Waals surface area contributed by atoms with Gasteiger partial charge in [-0.25, -0.2) is 4.79 Å². The van der Waals surface area contributed by atoms with Gasteiger partial charge in [0.2, 0.25) is 0 Å². The van der Waals surface area contributed by atoms with E-state index in [1.54, 1.807) is 0 Å². The molecule has 0 saturated heterocycles. The molecule has 0 amide bonds. The topological polar surface area (TPSA) is 66.9 Å². The van der Waals surface area contributed by atoms with Crippen LogP contribution < -0.4 is 16.6 Å².